The number of hydrogen-bond donors (Lipinski definition) is 4. The molecule has 2 unspecified atom stereocenters. The SMILES string of the molecule is C[C@]12C=CC(=O)C=C1CC[C@@H]1C2C(O)C[C@@]2(C)[C@H]1CC[C@]2(O)C(=O)COP(=O)(O)O. The van der Waals surface area contributed by atoms with Gasteiger partial charge < -0.3 is 20.0 Å². The number of carbonyl (C=O) groups excluding carboxylic acids is 2. The molecule has 166 valence electrons. The lowest BCUT2D eigenvalue weighted by Gasteiger charge is -2.59. The Kier molecular flexibility index (Phi) is 5.09. The zero-order chi connectivity index (χ0) is 22.1. The van der Waals surface area contributed by atoms with Crippen molar-refractivity contribution in [2.75, 3.05) is 6.61 Å². The Morgan fingerprint density at radius 1 is 1.30 bits per heavy atom. The molecule has 0 heterocycles. The van der Waals surface area contributed by atoms with E-state index in [1.54, 1.807) is 19.1 Å². The van der Waals surface area contributed by atoms with E-state index in [2.05, 4.69) is 4.52 Å². The Balaban J connectivity index is 1.65. The number of rotatable bonds is 4. The summed E-state index contributed by atoms with van der Waals surface area (Å²) in [5.74, 6) is -0.888. The van der Waals surface area contributed by atoms with Gasteiger partial charge in [-0.3, -0.25) is 14.1 Å². The van der Waals surface area contributed by atoms with E-state index in [0.717, 1.165) is 18.4 Å². The molecule has 0 aromatic carbocycles. The molecule has 0 saturated heterocycles. The van der Waals surface area contributed by atoms with Crippen LogP contribution < -0.4 is 0 Å². The van der Waals surface area contributed by atoms with Crippen LogP contribution in [-0.2, 0) is 18.7 Å². The molecule has 0 aromatic heterocycles. The molecule has 9 heteroatoms. The quantitative estimate of drug-likeness (QED) is 0.484. The summed E-state index contributed by atoms with van der Waals surface area (Å²) in [6.07, 6.45) is 6.76. The van der Waals surface area contributed by atoms with Gasteiger partial charge in [0, 0.05) is 16.7 Å². The Hall–Kier alpha value is -1.15. The van der Waals surface area contributed by atoms with Crippen LogP contribution in [0, 0.1) is 28.6 Å². The highest BCUT2D eigenvalue weighted by Crippen LogP contribution is 2.67. The molecule has 4 N–H and O–H groups in total. The highest BCUT2D eigenvalue weighted by atomic mass is 31.2. The molecule has 4 rings (SSSR count). The molecule has 7 atom stereocenters. The van der Waals surface area contributed by atoms with E-state index in [1.807, 2.05) is 13.0 Å². The minimum Gasteiger partial charge on any atom is -0.393 e. The first-order valence-corrected chi connectivity index (χ1v) is 11.9. The monoisotopic (exact) mass is 440 g/mol. The van der Waals surface area contributed by atoms with Crippen LogP contribution in [0.15, 0.2) is 23.8 Å². The van der Waals surface area contributed by atoms with Gasteiger partial charge in [-0.05, 0) is 56.1 Å². The van der Waals surface area contributed by atoms with E-state index in [-0.39, 0.29) is 36.4 Å². The molecule has 30 heavy (non-hydrogen) atoms. The van der Waals surface area contributed by atoms with Gasteiger partial charge in [-0.25, -0.2) is 4.57 Å². The Morgan fingerprint density at radius 2 is 2.00 bits per heavy atom. The van der Waals surface area contributed by atoms with Gasteiger partial charge >= 0.3 is 7.82 Å². The lowest BCUT2D eigenvalue weighted by Crippen LogP contribution is -2.61. The Morgan fingerprint density at radius 3 is 2.67 bits per heavy atom. The number of allylic oxidation sites excluding steroid dienone is 4. The molecule has 3 saturated carbocycles. The van der Waals surface area contributed by atoms with Gasteiger partial charge in [0.05, 0.1) is 6.10 Å². The maximum absolute atomic E-state index is 12.8. The lowest BCUT2D eigenvalue weighted by molar-refractivity contribution is -0.178. The largest absolute Gasteiger partial charge is 0.470 e. The van der Waals surface area contributed by atoms with Gasteiger partial charge in [0.2, 0.25) is 0 Å². The fourth-order valence-corrected chi connectivity index (χ4v) is 7.34. The van der Waals surface area contributed by atoms with Crippen molar-refractivity contribution < 1.29 is 38.7 Å². The topological polar surface area (TPSA) is 141 Å². The van der Waals surface area contributed by atoms with Crippen LogP contribution in [-0.4, -0.2) is 49.9 Å². The number of ketones is 2. The third-order valence-corrected chi connectivity index (χ3v) is 8.94. The zero-order valence-corrected chi connectivity index (χ0v) is 18.0. The van der Waals surface area contributed by atoms with E-state index in [0.29, 0.717) is 6.42 Å². The maximum Gasteiger partial charge on any atom is 0.470 e. The third-order valence-electron chi connectivity index (χ3n) is 8.47. The Labute approximate surface area is 175 Å². The van der Waals surface area contributed by atoms with Gasteiger partial charge in [-0.2, -0.15) is 0 Å². The first kappa shape index (κ1) is 22.1. The average Bonchev–Trinajstić information content (AvgIpc) is 2.91. The normalized spacial score (nSPS) is 45.4. The fourth-order valence-electron chi connectivity index (χ4n) is 7.05. The number of aliphatic hydroxyl groups is 2. The van der Waals surface area contributed by atoms with Gasteiger partial charge in [0.1, 0.15) is 12.2 Å². The molecule has 0 spiro atoms. The summed E-state index contributed by atoms with van der Waals surface area (Å²) in [4.78, 5) is 42.5. The number of phosphoric acid groups is 1. The van der Waals surface area contributed by atoms with Crippen LogP contribution >= 0.6 is 7.82 Å². The molecular formula is C21H29O8P. The minimum atomic E-state index is -4.84. The van der Waals surface area contributed by atoms with E-state index in [1.165, 1.54) is 0 Å². The van der Waals surface area contributed by atoms with Crippen LogP contribution in [0.5, 0.6) is 0 Å². The predicted molar refractivity (Wildman–Crippen MR) is 106 cm³/mol. The van der Waals surface area contributed by atoms with Crippen molar-refractivity contribution in [1.82, 2.24) is 0 Å². The van der Waals surface area contributed by atoms with Crippen LogP contribution in [0.2, 0.25) is 0 Å². The second-order valence-electron chi connectivity index (χ2n) is 9.80. The molecule has 4 aliphatic carbocycles. The summed E-state index contributed by atoms with van der Waals surface area (Å²) in [5, 5.41) is 22.6. The summed E-state index contributed by atoms with van der Waals surface area (Å²) >= 11 is 0. The first-order chi connectivity index (χ1) is 13.8. The van der Waals surface area contributed by atoms with Gasteiger partial charge in [-0.15, -0.1) is 0 Å². The van der Waals surface area contributed by atoms with Crippen molar-refractivity contribution in [3.05, 3.63) is 23.8 Å². The standard InChI is InChI=1S/C21H29O8P/c1-19-7-5-13(22)9-12(19)3-4-14-15-6-8-21(25,17(24)11-29-30(26,27)28)20(15,2)10-16(23)18(14)19/h5,7,9,14-16,18,23,25H,3-4,6,8,10-11H2,1-2H3,(H2,26,27,28)/t14-,15-,16?,18?,19-,20-,21-/m0/s1. The lowest BCUT2D eigenvalue weighted by atomic mass is 9.46. The summed E-state index contributed by atoms with van der Waals surface area (Å²) in [5.41, 5.74) is -2.15. The Bertz CT molecular complexity index is 889. The van der Waals surface area contributed by atoms with Gasteiger partial charge in [-0.1, -0.05) is 25.5 Å². The highest BCUT2D eigenvalue weighted by molar-refractivity contribution is 7.46. The zero-order valence-electron chi connectivity index (χ0n) is 17.2. The fraction of sp³-hybridized carbons (Fsp3) is 0.714. The van der Waals surface area contributed by atoms with Crippen LogP contribution in [0.3, 0.4) is 0 Å². The minimum absolute atomic E-state index is 0.0284. The summed E-state index contributed by atoms with van der Waals surface area (Å²) in [6.45, 7) is 2.97. The number of Topliss-reactive ketones (excluding diaryl/α,β-unsaturated/α-hetero) is 1. The van der Waals surface area contributed by atoms with Crippen LogP contribution in [0.1, 0.15) is 46.0 Å². The molecule has 0 bridgehead atoms. The van der Waals surface area contributed by atoms with Crippen molar-refractivity contribution in [1.29, 1.82) is 0 Å². The summed E-state index contributed by atoms with van der Waals surface area (Å²) in [6, 6.07) is 0. The number of hydrogen-bond acceptors (Lipinski definition) is 6. The average molecular weight is 440 g/mol. The van der Waals surface area contributed by atoms with Gasteiger partial charge in [0.25, 0.3) is 0 Å². The first-order valence-electron chi connectivity index (χ1n) is 10.4. The number of aliphatic hydroxyl groups excluding tert-OH is 1. The summed E-state index contributed by atoms with van der Waals surface area (Å²) in [7, 11) is -4.84. The van der Waals surface area contributed by atoms with Crippen molar-refractivity contribution in [3.8, 4) is 0 Å². The van der Waals surface area contributed by atoms with E-state index >= 15 is 0 Å². The number of carbonyl (C=O) groups is 2. The molecule has 0 radical (unpaired) electrons. The number of phosphoric ester groups is 1. The van der Waals surface area contributed by atoms with Crippen molar-refractivity contribution in [2.45, 2.75) is 57.7 Å². The molecule has 0 amide bonds. The van der Waals surface area contributed by atoms with Crippen LogP contribution in [0.25, 0.3) is 0 Å². The van der Waals surface area contributed by atoms with E-state index in [4.69, 9.17) is 9.79 Å². The molecule has 0 aromatic rings. The predicted octanol–water partition coefficient (Wildman–Crippen LogP) is 1.67. The second-order valence-corrected chi connectivity index (χ2v) is 11.0. The molecular weight excluding hydrogens is 411 g/mol. The third kappa shape index (κ3) is 3.12. The van der Waals surface area contributed by atoms with Gasteiger partial charge in [0.15, 0.2) is 11.6 Å². The molecule has 3 fully saturated rings. The maximum atomic E-state index is 12.8. The molecule has 4 aliphatic rings. The second kappa shape index (κ2) is 6.92. The number of fused-ring (bicyclic) bond motifs is 5. The molecule has 8 nitrogen and oxygen atoms in total. The van der Waals surface area contributed by atoms with Crippen LogP contribution in [0.4, 0.5) is 0 Å². The van der Waals surface area contributed by atoms with E-state index < -0.39 is 42.7 Å². The molecule has 0 aliphatic heterocycles. The highest BCUT2D eigenvalue weighted by Gasteiger charge is 2.68. The summed E-state index contributed by atoms with van der Waals surface area (Å²) < 4.78 is 15.4. The van der Waals surface area contributed by atoms with Crippen molar-refractivity contribution in [2.24, 2.45) is 28.6 Å². The van der Waals surface area contributed by atoms with E-state index in [9.17, 15) is 24.4 Å². The smallest absolute Gasteiger partial charge is 0.393 e. The van der Waals surface area contributed by atoms with Crippen molar-refractivity contribution in [3.63, 3.8) is 0 Å². The van der Waals surface area contributed by atoms with Crippen molar-refractivity contribution >= 4 is 19.4 Å².